The number of nitrogens with one attached hydrogen (secondary N) is 2. The normalized spacial score (nSPS) is 22.8. The topological polar surface area (TPSA) is 151 Å². The lowest BCUT2D eigenvalue weighted by Crippen LogP contribution is -2.29. The number of aryl methyl sites for hydroxylation is 1. The smallest absolute Gasteiger partial charge is 0.191 e. The first-order chi connectivity index (χ1) is 17.5. The first-order valence-electron chi connectivity index (χ1n) is 12.3. The Labute approximate surface area is 213 Å². The highest BCUT2D eigenvalue weighted by atomic mass is 32.2. The van der Waals surface area contributed by atoms with E-state index in [1.54, 1.807) is 23.4 Å². The first kappa shape index (κ1) is 24.6. The molecule has 190 valence electrons. The second-order valence-electron chi connectivity index (χ2n) is 9.27. The standard InChI is InChI=1S/C24H31N9O2S/c1-4-10-36-24-27-22(25-12-13(2)15-8-6-5-7-9-15)18-23(28-24)33(32-30-18)17-11-16(19(34)20(17)35)21-26-14(3)29-31-21/h5-9,13,16-17,19-20,34-35H,4,10-12H2,1-3H3,(H,25,27,28)(H,26,29,31)/t13-,16-,17+,19+,20-/m0/s1. The number of aromatic amines is 1. The van der Waals surface area contributed by atoms with Crippen molar-refractivity contribution in [1.82, 2.24) is 40.1 Å². The number of benzene rings is 1. The molecule has 1 aromatic carbocycles. The van der Waals surface area contributed by atoms with Gasteiger partial charge in [0.05, 0.1) is 18.1 Å². The van der Waals surface area contributed by atoms with Crippen LogP contribution in [0.15, 0.2) is 35.5 Å². The van der Waals surface area contributed by atoms with E-state index in [1.807, 2.05) is 18.2 Å². The number of aliphatic hydroxyl groups excluding tert-OH is 2. The molecule has 0 unspecified atom stereocenters. The molecule has 0 spiro atoms. The molecule has 0 radical (unpaired) electrons. The summed E-state index contributed by atoms with van der Waals surface area (Å²) in [6.45, 7) is 6.74. The third-order valence-electron chi connectivity index (χ3n) is 6.59. The third kappa shape index (κ3) is 4.80. The second-order valence-corrected chi connectivity index (χ2v) is 10.3. The van der Waals surface area contributed by atoms with Crippen LogP contribution >= 0.6 is 11.8 Å². The largest absolute Gasteiger partial charge is 0.390 e. The van der Waals surface area contributed by atoms with E-state index >= 15 is 0 Å². The molecule has 1 saturated carbocycles. The molecule has 4 aromatic rings. The van der Waals surface area contributed by atoms with Crippen molar-refractivity contribution in [2.75, 3.05) is 17.6 Å². The molecule has 3 aromatic heterocycles. The van der Waals surface area contributed by atoms with Crippen LogP contribution in [0.5, 0.6) is 0 Å². The summed E-state index contributed by atoms with van der Waals surface area (Å²) >= 11 is 1.57. The van der Waals surface area contributed by atoms with Crippen molar-refractivity contribution in [2.45, 2.75) is 68.9 Å². The Bertz CT molecular complexity index is 1310. The van der Waals surface area contributed by atoms with Crippen molar-refractivity contribution in [2.24, 2.45) is 0 Å². The van der Waals surface area contributed by atoms with Crippen molar-refractivity contribution in [3.63, 3.8) is 0 Å². The Hall–Kier alpha value is -3.09. The van der Waals surface area contributed by atoms with Crippen molar-refractivity contribution in [1.29, 1.82) is 0 Å². The zero-order chi connectivity index (χ0) is 25.2. The summed E-state index contributed by atoms with van der Waals surface area (Å²) in [7, 11) is 0. The predicted octanol–water partition coefficient (Wildman–Crippen LogP) is 2.82. The molecule has 5 rings (SSSR count). The minimum absolute atomic E-state index is 0.260. The van der Waals surface area contributed by atoms with Gasteiger partial charge < -0.3 is 15.5 Å². The van der Waals surface area contributed by atoms with E-state index in [0.717, 1.165) is 12.2 Å². The van der Waals surface area contributed by atoms with E-state index in [-0.39, 0.29) is 5.92 Å². The molecular formula is C24H31N9O2S. The minimum Gasteiger partial charge on any atom is -0.390 e. The summed E-state index contributed by atoms with van der Waals surface area (Å²) in [6.07, 6.45) is -0.685. The van der Waals surface area contributed by atoms with Gasteiger partial charge in [0.1, 0.15) is 11.9 Å². The van der Waals surface area contributed by atoms with Crippen LogP contribution in [0.4, 0.5) is 5.82 Å². The van der Waals surface area contributed by atoms with E-state index in [9.17, 15) is 10.2 Å². The molecule has 3 heterocycles. The number of thioether (sulfide) groups is 1. The molecule has 0 amide bonds. The minimum atomic E-state index is -1.06. The van der Waals surface area contributed by atoms with Gasteiger partial charge in [-0.2, -0.15) is 5.10 Å². The predicted molar refractivity (Wildman–Crippen MR) is 137 cm³/mol. The van der Waals surface area contributed by atoms with E-state index in [0.29, 0.717) is 46.8 Å². The molecule has 1 aliphatic rings. The summed E-state index contributed by atoms with van der Waals surface area (Å²) in [5.41, 5.74) is 2.30. The van der Waals surface area contributed by atoms with E-state index in [2.05, 4.69) is 56.8 Å². The SMILES string of the molecule is CCCSc1nc(NC[C@H](C)c2ccccc2)c2nnn([C@@H]3C[C@H](c4n[nH]c(C)n4)[C@@H](O)[C@H]3O)c2n1. The highest BCUT2D eigenvalue weighted by molar-refractivity contribution is 7.99. The van der Waals surface area contributed by atoms with Gasteiger partial charge in [0.25, 0.3) is 0 Å². The fourth-order valence-corrected chi connectivity index (χ4v) is 5.29. The Morgan fingerprint density at radius 2 is 1.97 bits per heavy atom. The summed E-state index contributed by atoms with van der Waals surface area (Å²) in [6, 6.07) is 9.78. The molecule has 0 bridgehead atoms. The van der Waals surface area contributed by atoms with Gasteiger partial charge in [-0.05, 0) is 31.2 Å². The van der Waals surface area contributed by atoms with Gasteiger partial charge in [-0.3, -0.25) is 5.10 Å². The molecule has 4 N–H and O–H groups in total. The number of hydrogen-bond donors (Lipinski definition) is 4. The summed E-state index contributed by atoms with van der Waals surface area (Å²) < 4.78 is 1.62. The molecule has 12 heteroatoms. The van der Waals surface area contributed by atoms with Crippen molar-refractivity contribution in [3.8, 4) is 0 Å². The number of nitrogens with zero attached hydrogens (tertiary/aromatic N) is 7. The number of fused-ring (bicyclic) bond motifs is 1. The summed E-state index contributed by atoms with van der Waals surface area (Å²) in [4.78, 5) is 13.8. The second kappa shape index (κ2) is 10.5. The van der Waals surface area contributed by atoms with Gasteiger partial charge in [0.15, 0.2) is 28.0 Å². The van der Waals surface area contributed by atoms with E-state index in [1.165, 1.54) is 5.56 Å². The van der Waals surface area contributed by atoms with Gasteiger partial charge in [0.2, 0.25) is 0 Å². The highest BCUT2D eigenvalue weighted by Gasteiger charge is 2.46. The van der Waals surface area contributed by atoms with Crippen LogP contribution in [0.25, 0.3) is 11.2 Å². The maximum Gasteiger partial charge on any atom is 0.191 e. The number of anilines is 1. The number of rotatable bonds is 9. The van der Waals surface area contributed by atoms with Crippen LogP contribution in [0.1, 0.15) is 61.8 Å². The van der Waals surface area contributed by atoms with Crippen LogP contribution in [-0.4, -0.2) is 74.9 Å². The number of aliphatic hydroxyl groups is 2. The Kier molecular flexibility index (Phi) is 7.17. The van der Waals surface area contributed by atoms with Gasteiger partial charge >= 0.3 is 0 Å². The average Bonchev–Trinajstić information content (AvgIpc) is 3.59. The molecule has 11 nitrogen and oxygen atoms in total. The van der Waals surface area contributed by atoms with Gasteiger partial charge in [0, 0.05) is 12.3 Å². The number of H-pyrrole nitrogens is 1. The fraction of sp³-hybridized carbons (Fsp3) is 0.500. The maximum atomic E-state index is 10.9. The van der Waals surface area contributed by atoms with E-state index < -0.39 is 24.2 Å². The molecule has 5 atom stereocenters. The fourth-order valence-electron chi connectivity index (χ4n) is 4.60. The highest BCUT2D eigenvalue weighted by Crippen LogP contribution is 2.41. The molecule has 0 saturated heterocycles. The maximum absolute atomic E-state index is 10.9. The van der Waals surface area contributed by atoms with Crippen molar-refractivity contribution >= 4 is 28.7 Å². The molecule has 1 aliphatic carbocycles. The van der Waals surface area contributed by atoms with Crippen LogP contribution in [0.3, 0.4) is 0 Å². The summed E-state index contributed by atoms with van der Waals surface area (Å²) in [5.74, 6) is 2.47. The Balaban J connectivity index is 1.45. The summed E-state index contributed by atoms with van der Waals surface area (Å²) in [5, 5.41) is 41.5. The van der Waals surface area contributed by atoms with Crippen LogP contribution < -0.4 is 5.32 Å². The number of aromatic nitrogens is 8. The van der Waals surface area contributed by atoms with E-state index in [4.69, 9.17) is 9.97 Å². The Morgan fingerprint density at radius 1 is 1.17 bits per heavy atom. The molecule has 0 aliphatic heterocycles. The van der Waals surface area contributed by atoms with Crippen LogP contribution in [0, 0.1) is 6.92 Å². The zero-order valence-electron chi connectivity index (χ0n) is 20.5. The third-order valence-corrected chi connectivity index (χ3v) is 7.65. The van der Waals surface area contributed by atoms with Crippen LogP contribution in [-0.2, 0) is 0 Å². The Morgan fingerprint density at radius 3 is 2.69 bits per heavy atom. The van der Waals surface area contributed by atoms with Gasteiger partial charge in [-0.15, -0.1) is 5.10 Å². The van der Waals surface area contributed by atoms with Crippen molar-refractivity contribution in [3.05, 3.63) is 47.5 Å². The quantitative estimate of drug-likeness (QED) is 0.196. The van der Waals surface area contributed by atoms with Crippen LogP contribution in [0.2, 0.25) is 0 Å². The molecule has 36 heavy (non-hydrogen) atoms. The first-order valence-corrected chi connectivity index (χ1v) is 13.2. The number of hydrogen-bond acceptors (Lipinski definition) is 10. The lowest BCUT2D eigenvalue weighted by molar-refractivity contribution is 0.0146. The van der Waals surface area contributed by atoms with Gasteiger partial charge in [-0.25, -0.2) is 19.6 Å². The zero-order valence-corrected chi connectivity index (χ0v) is 21.4. The monoisotopic (exact) mass is 509 g/mol. The molecule has 1 fully saturated rings. The van der Waals surface area contributed by atoms with Crippen molar-refractivity contribution < 1.29 is 10.2 Å². The lowest BCUT2D eigenvalue weighted by Gasteiger charge is -2.17. The lowest BCUT2D eigenvalue weighted by atomic mass is 10.0. The average molecular weight is 510 g/mol. The molecular weight excluding hydrogens is 478 g/mol. The van der Waals surface area contributed by atoms with Gasteiger partial charge in [-0.1, -0.05) is 61.2 Å².